The van der Waals surface area contributed by atoms with Crippen LogP contribution in [0.2, 0.25) is 0 Å². The highest BCUT2D eigenvalue weighted by atomic mass is 15.4. The van der Waals surface area contributed by atoms with Crippen molar-refractivity contribution >= 4 is 0 Å². The molecule has 0 aliphatic carbocycles. The predicted octanol–water partition coefficient (Wildman–Crippen LogP) is 2.79. The second kappa shape index (κ2) is 4.84. The molecule has 0 spiro atoms. The van der Waals surface area contributed by atoms with Crippen molar-refractivity contribution in [2.75, 3.05) is 19.6 Å². The van der Waals surface area contributed by atoms with Crippen molar-refractivity contribution in [3.63, 3.8) is 0 Å². The molecule has 1 saturated heterocycles. The van der Waals surface area contributed by atoms with E-state index < -0.39 is 0 Å². The lowest BCUT2D eigenvalue weighted by molar-refractivity contribution is 0.0896. The van der Waals surface area contributed by atoms with Crippen LogP contribution in [0.5, 0.6) is 0 Å². The quantitative estimate of drug-likeness (QED) is 0.710. The van der Waals surface area contributed by atoms with Crippen LogP contribution in [0.3, 0.4) is 0 Å². The average molecular weight is 212 g/mol. The smallest absolute Gasteiger partial charge is 0.0630 e. The fourth-order valence-electron chi connectivity index (χ4n) is 2.73. The van der Waals surface area contributed by atoms with Crippen LogP contribution in [0.15, 0.2) is 0 Å². The summed E-state index contributed by atoms with van der Waals surface area (Å²) >= 11 is 0. The van der Waals surface area contributed by atoms with Crippen molar-refractivity contribution < 1.29 is 0 Å². The molecule has 2 nitrogen and oxygen atoms in total. The molecule has 0 N–H and O–H groups in total. The van der Waals surface area contributed by atoms with Gasteiger partial charge in [0, 0.05) is 12.6 Å². The van der Waals surface area contributed by atoms with Gasteiger partial charge in [0.1, 0.15) is 0 Å². The van der Waals surface area contributed by atoms with E-state index >= 15 is 0 Å². The molecule has 0 aromatic rings. The Balaban J connectivity index is 2.71. The van der Waals surface area contributed by atoms with Crippen LogP contribution < -0.4 is 0 Å². The Bertz CT molecular complexity index is 195. The Labute approximate surface area is 95.6 Å². The Morgan fingerprint density at radius 1 is 1.13 bits per heavy atom. The first kappa shape index (κ1) is 13.0. The van der Waals surface area contributed by atoms with Gasteiger partial charge in [-0.15, -0.1) is 0 Å². The number of nitrogens with zero attached hydrogens (tertiary/aromatic N) is 2. The summed E-state index contributed by atoms with van der Waals surface area (Å²) in [6.07, 6.45) is 1.94. The number of hydrogen-bond donors (Lipinski definition) is 0. The van der Waals surface area contributed by atoms with Gasteiger partial charge in [-0.05, 0) is 31.8 Å². The van der Waals surface area contributed by atoms with Crippen LogP contribution in [0.4, 0.5) is 0 Å². The molecule has 1 aliphatic rings. The van der Waals surface area contributed by atoms with Crippen molar-refractivity contribution in [3.05, 3.63) is 0 Å². The van der Waals surface area contributed by atoms with E-state index in [9.17, 15) is 0 Å². The Hall–Kier alpha value is -0.0800. The lowest BCUT2D eigenvalue weighted by atomic mass is 9.90. The van der Waals surface area contributed by atoms with Crippen LogP contribution >= 0.6 is 0 Å². The minimum atomic E-state index is 0.426. The van der Waals surface area contributed by atoms with Crippen LogP contribution in [-0.4, -0.2) is 41.6 Å². The third-order valence-corrected chi connectivity index (χ3v) is 3.44. The number of rotatable bonds is 3. The third kappa shape index (κ3) is 3.18. The van der Waals surface area contributed by atoms with Crippen molar-refractivity contribution in [2.45, 2.75) is 60.2 Å². The zero-order chi connectivity index (χ0) is 11.6. The van der Waals surface area contributed by atoms with Crippen molar-refractivity contribution in [1.82, 2.24) is 9.80 Å². The molecule has 1 heterocycles. The molecule has 2 atom stereocenters. The summed E-state index contributed by atoms with van der Waals surface area (Å²) in [5, 5.41) is 0. The summed E-state index contributed by atoms with van der Waals surface area (Å²) in [5.74, 6) is 0. The molecule has 90 valence electrons. The SMILES string of the molecule is CCN1CC(C)N(CC)C1CC(C)(C)C. The maximum atomic E-state index is 2.65. The van der Waals surface area contributed by atoms with E-state index in [4.69, 9.17) is 0 Å². The first-order chi connectivity index (χ1) is 6.89. The predicted molar refractivity (Wildman–Crippen MR) is 66.9 cm³/mol. The zero-order valence-electron chi connectivity index (χ0n) is 11.4. The van der Waals surface area contributed by atoms with E-state index in [0.717, 1.165) is 6.04 Å². The molecule has 0 amide bonds. The molecule has 15 heavy (non-hydrogen) atoms. The van der Waals surface area contributed by atoms with Gasteiger partial charge >= 0.3 is 0 Å². The summed E-state index contributed by atoms with van der Waals surface area (Å²) in [6.45, 7) is 17.6. The minimum Gasteiger partial charge on any atom is -0.287 e. The van der Waals surface area contributed by atoms with Gasteiger partial charge in [0.25, 0.3) is 0 Å². The van der Waals surface area contributed by atoms with Gasteiger partial charge in [0.2, 0.25) is 0 Å². The first-order valence-electron chi connectivity index (χ1n) is 6.38. The van der Waals surface area contributed by atoms with Crippen molar-refractivity contribution in [3.8, 4) is 0 Å². The van der Waals surface area contributed by atoms with Gasteiger partial charge in [-0.1, -0.05) is 34.6 Å². The second-order valence-electron chi connectivity index (χ2n) is 6.01. The molecule has 0 bridgehead atoms. The highest BCUT2D eigenvalue weighted by Crippen LogP contribution is 2.30. The third-order valence-electron chi connectivity index (χ3n) is 3.44. The largest absolute Gasteiger partial charge is 0.287 e. The van der Waals surface area contributed by atoms with Gasteiger partial charge in [-0.25, -0.2) is 0 Å². The van der Waals surface area contributed by atoms with Gasteiger partial charge < -0.3 is 0 Å². The fraction of sp³-hybridized carbons (Fsp3) is 1.00. The van der Waals surface area contributed by atoms with Crippen LogP contribution in [-0.2, 0) is 0 Å². The molecule has 1 fully saturated rings. The van der Waals surface area contributed by atoms with E-state index in [2.05, 4.69) is 51.3 Å². The summed E-state index contributed by atoms with van der Waals surface area (Å²) in [7, 11) is 0. The summed E-state index contributed by atoms with van der Waals surface area (Å²) in [5.41, 5.74) is 0.426. The van der Waals surface area contributed by atoms with Gasteiger partial charge in [0.05, 0.1) is 6.17 Å². The maximum absolute atomic E-state index is 2.65. The summed E-state index contributed by atoms with van der Waals surface area (Å²) in [4.78, 5) is 5.27. The monoisotopic (exact) mass is 212 g/mol. The molecular weight excluding hydrogens is 184 g/mol. The standard InChI is InChI=1S/C13H28N2/c1-7-14-10-11(3)15(8-2)12(14)9-13(4,5)6/h11-12H,7-10H2,1-6H3. The summed E-state index contributed by atoms with van der Waals surface area (Å²) in [6, 6.07) is 0.724. The first-order valence-corrected chi connectivity index (χ1v) is 6.38. The zero-order valence-corrected chi connectivity index (χ0v) is 11.4. The number of hydrogen-bond acceptors (Lipinski definition) is 2. The van der Waals surface area contributed by atoms with Crippen LogP contribution in [0.25, 0.3) is 0 Å². The molecule has 2 heteroatoms. The van der Waals surface area contributed by atoms with E-state index in [1.807, 2.05) is 0 Å². The molecule has 1 aliphatic heterocycles. The molecule has 0 aromatic carbocycles. The molecule has 0 aromatic heterocycles. The molecular formula is C13H28N2. The Kier molecular flexibility index (Phi) is 4.19. The maximum Gasteiger partial charge on any atom is 0.0630 e. The van der Waals surface area contributed by atoms with Crippen molar-refractivity contribution in [1.29, 1.82) is 0 Å². The highest BCUT2D eigenvalue weighted by molar-refractivity contribution is 4.88. The molecule has 1 rings (SSSR count). The van der Waals surface area contributed by atoms with Crippen molar-refractivity contribution in [2.24, 2.45) is 5.41 Å². The van der Waals surface area contributed by atoms with E-state index in [1.54, 1.807) is 0 Å². The second-order valence-corrected chi connectivity index (χ2v) is 6.01. The molecule has 2 unspecified atom stereocenters. The summed E-state index contributed by atoms with van der Waals surface area (Å²) < 4.78 is 0. The molecule has 0 saturated carbocycles. The molecule has 0 radical (unpaired) electrons. The van der Waals surface area contributed by atoms with Gasteiger partial charge in [-0.3, -0.25) is 9.80 Å². The number of likely N-dealkylation sites (N-methyl/N-ethyl adjacent to an activating group) is 2. The fourth-order valence-corrected chi connectivity index (χ4v) is 2.73. The van der Waals surface area contributed by atoms with E-state index in [1.165, 1.54) is 26.1 Å². The Morgan fingerprint density at radius 3 is 2.13 bits per heavy atom. The highest BCUT2D eigenvalue weighted by Gasteiger charge is 2.36. The van der Waals surface area contributed by atoms with Gasteiger partial charge in [0.15, 0.2) is 0 Å². The topological polar surface area (TPSA) is 6.48 Å². The van der Waals surface area contributed by atoms with Crippen LogP contribution in [0, 0.1) is 5.41 Å². The van der Waals surface area contributed by atoms with Crippen LogP contribution in [0.1, 0.15) is 48.0 Å². The van der Waals surface area contributed by atoms with Gasteiger partial charge in [-0.2, -0.15) is 0 Å². The lowest BCUT2D eigenvalue weighted by Crippen LogP contribution is -2.42. The Morgan fingerprint density at radius 2 is 1.73 bits per heavy atom. The lowest BCUT2D eigenvalue weighted by Gasteiger charge is -2.34. The minimum absolute atomic E-state index is 0.426. The normalized spacial score (nSPS) is 30.0. The average Bonchev–Trinajstić information content (AvgIpc) is 2.39. The van der Waals surface area contributed by atoms with E-state index in [-0.39, 0.29) is 0 Å². The van der Waals surface area contributed by atoms with E-state index in [0.29, 0.717) is 11.6 Å².